The first-order chi connectivity index (χ1) is 17.3. The lowest BCUT2D eigenvalue weighted by atomic mass is 10.00. The lowest BCUT2D eigenvalue weighted by Gasteiger charge is -2.19. The van der Waals surface area contributed by atoms with Gasteiger partial charge < -0.3 is 20.9 Å². The number of halogens is 5. The molecule has 3 aromatic carbocycles. The number of carbonyl (C=O) groups excluding carboxylic acids is 1. The number of alkyl halides is 5. The molecule has 10 heteroatoms. The zero-order valence-electron chi connectivity index (χ0n) is 19.5. The SMILES string of the molecule is [CH2]C(COC(=O)/C=C/c1ccc(OC(F)(F)c2ccc(CC(F)(F)F)cc2)cc1)c1ccc(N)cc1N. The van der Waals surface area contributed by atoms with Gasteiger partial charge in [0.15, 0.2) is 0 Å². The normalized spacial score (nSPS) is 12.9. The maximum Gasteiger partial charge on any atom is 0.426 e. The van der Waals surface area contributed by atoms with E-state index in [1.807, 2.05) is 0 Å². The Morgan fingerprint density at radius 3 is 2.19 bits per heavy atom. The van der Waals surface area contributed by atoms with Crippen LogP contribution in [0.1, 0.15) is 28.2 Å². The molecule has 5 nitrogen and oxygen atoms in total. The molecule has 0 amide bonds. The van der Waals surface area contributed by atoms with Crippen molar-refractivity contribution in [1.29, 1.82) is 0 Å². The molecule has 0 saturated heterocycles. The van der Waals surface area contributed by atoms with Crippen LogP contribution in [-0.4, -0.2) is 18.8 Å². The topological polar surface area (TPSA) is 87.6 Å². The molecule has 0 spiro atoms. The van der Waals surface area contributed by atoms with Gasteiger partial charge in [-0.05, 0) is 66.1 Å². The van der Waals surface area contributed by atoms with Crippen LogP contribution in [0.15, 0.2) is 72.8 Å². The van der Waals surface area contributed by atoms with E-state index in [4.69, 9.17) is 20.9 Å². The summed E-state index contributed by atoms with van der Waals surface area (Å²) >= 11 is 0. The molecule has 0 saturated carbocycles. The molecule has 1 unspecified atom stereocenters. The van der Waals surface area contributed by atoms with E-state index in [0.29, 0.717) is 22.5 Å². The Labute approximate surface area is 210 Å². The van der Waals surface area contributed by atoms with Gasteiger partial charge in [0.05, 0.1) is 18.6 Å². The van der Waals surface area contributed by atoms with Gasteiger partial charge >= 0.3 is 18.3 Å². The zero-order valence-corrected chi connectivity index (χ0v) is 19.5. The van der Waals surface area contributed by atoms with Gasteiger partial charge in [0, 0.05) is 23.4 Å². The van der Waals surface area contributed by atoms with Crippen molar-refractivity contribution in [2.24, 2.45) is 0 Å². The second-order valence-electron chi connectivity index (χ2n) is 8.23. The molecular weight excluding hydrogens is 495 g/mol. The highest BCUT2D eigenvalue weighted by atomic mass is 19.4. The summed E-state index contributed by atoms with van der Waals surface area (Å²) in [5.74, 6) is -1.22. The van der Waals surface area contributed by atoms with E-state index in [-0.39, 0.29) is 17.9 Å². The van der Waals surface area contributed by atoms with Crippen LogP contribution in [-0.2, 0) is 22.1 Å². The quantitative estimate of drug-likeness (QED) is 0.151. The number of carbonyl (C=O) groups is 1. The van der Waals surface area contributed by atoms with Crippen molar-refractivity contribution in [1.82, 2.24) is 0 Å². The molecule has 3 aromatic rings. The van der Waals surface area contributed by atoms with Crippen LogP contribution in [0.2, 0.25) is 0 Å². The van der Waals surface area contributed by atoms with E-state index in [1.165, 1.54) is 36.4 Å². The number of rotatable bonds is 9. The smallest absolute Gasteiger partial charge is 0.426 e. The second kappa shape index (κ2) is 11.3. The highest BCUT2D eigenvalue weighted by molar-refractivity contribution is 5.87. The fraction of sp³-hybridized carbons (Fsp3) is 0.185. The Morgan fingerprint density at radius 2 is 1.59 bits per heavy atom. The monoisotopic (exact) mass is 519 g/mol. The second-order valence-corrected chi connectivity index (χ2v) is 8.23. The van der Waals surface area contributed by atoms with Crippen LogP contribution in [0, 0.1) is 6.92 Å². The van der Waals surface area contributed by atoms with Crippen molar-refractivity contribution in [3.05, 3.63) is 102 Å². The first-order valence-corrected chi connectivity index (χ1v) is 11.0. The van der Waals surface area contributed by atoms with E-state index >= 15 is 0 Å². The van der Waals surface area contributed by atoms with Gasteiger partial charge in [0.25, 0.3) is 0 Å². The largest absolute Gasteiger partial charge is 0.462 e. The lowest BCUT2D eigenvalue weighted by molar-refractivity contribution is -0.185. The number of hydrogen-bond acceptors (Lipinski definition) is 5. The van der Waals surface area contributed by atoms with Crippen molar-refractivity contribution in [3.8, 4) is 5.75 Å². The van der Waals surface area contributed by atoms with Crippen molar-refractivity contribution in [2.75, 3.05) is 18.1 Å². The highest BCUT2D eigenvalue weighted by Gasteiger charge is 2.35. The maximum absolute atomic E-state index is 14.4. The molecule has 37 heavy (non-hydrogen) atoms. The Kier molecular flexibility index (Phi) is 8.42. The molecule has 0 aliphatic rings. The van der Waals surface area contributed by atoms with E-state index in [9.17, 15) is 26.7 Å². The van der Waals surface area contributed by atoms with Crippen LogP contribution >= 0.6 is 0 Å². The third-order valence-corrected chi connectivity index (χ3v) is 5.21. The molecule has 4 N–H and O–H groups in total. The van der Waals surface area contributed by atoms with Gasteiger partial charge in [-0.15, -0.1) is 0 Å². The molecular formula is C27H24F5N2O3. The predicted molar refractivity (Wildman–Crippen MR) is 131 cm³/mol. The van der Waals surface area contributed by atoms with Gasteiger partial charge in [-0.2, -0.15) is 22.0 Å². The molecule has 0 aliphatic heterocycles. The van der Waals surface area contributed by atoms with Gasteiger partial charge in [-0.25, -0.2) is 4.79 Å². The number of esters is 1. The minimum atomic E-state index is -4.44. The van der Waals surface area contributed by atoms with E-state index < -0.39 is 36.2 Å². The van der Waals surface area contributed by atoms with Crippen molar-refractivity contribution < 1.29 is 36.2 Å². The summed E-state index contributed by atoms with van der Waals surface area (Å²) < 4.78 is 76.1. The maximum atomic E-state index is 14.4. The first-order valence-electron chi connectivity index (χ1n) is 11.0. The van der Waals surface area contributed by atoms with Crippen LogP contribution in [0.4, 0.5) is 33.3 Å². The summed E-state index contributed by atoms with van der Waals surface area (Å²) in [6.45, 7) is 3.91. The molecule has 0 aliphatic carbocycles. The Morgan fingerprint density at radius 1 is 0.946 bits per heavy atom. The molecule has 3 rings (SSSR count). The molecule has 0 aromatic heterocycles. The lowest BCUT2D eigenvalue weighted by Crippen LogP contribution is -2.22. The van der Waals surface area contributed by atoms with Crippen molar-refractivity contribution >= 4 is 23.4 Å². The molecule has 0 heterocycles. The molecule has 0 bridgehead atoms. The van der Waals surface area contributed by atoms with Crippen LogP contribution in [0.5, 0.6) is 5.75 Å². The first kappa shape index (κ1) is 27.5. The van der Waals surface area contributed by atoms with Gasteiger partial charge in [-0.1, -0.05) is 30.3 Å². The van der Waals surface area contributed by atoms with Gasteiger partial charge in [0.2, 0.25) is 0 Å². The average Bonchev–Trinajstić information content (AvgIpc) is 2.81. The number of nitrogens with two attached hydrogens (primary N) is 2. The predicted octanol–water partition coefficient (Wildman–Crippen LogP) is 6.26. The summed E-state index contributed by atoms with van der Waals surface area (Å²) in [5.41, 5.74) is 13.0. The van der Waals surface area contributed by atoms with Crippen LogP contribution in [0.3, 0.4) is 0 Å². The fourth-order valence-corrected chi connectivity index (χ4v) is 3.35. The average molecular weight is 519 g/mol. The Hall–Kier alpha value is -4.08. The summed E-state index contributed by atoms with van der Waals surface area (Å²) in [6.07, 6.45) is -6.81. The summed E-state index contributed by atoms with van der Waals surface area (Å²) in [4.78, 5) is 12.0. The number of hydrogen-bond donors (Lipinski definition) is 2. The van der Waals surface area contributed by atoms with Crippen molar-refractivity contribution in [2.45, 2.75) is 24.6 Å². The minimum Gasteiger partial charge on any atom is -0.462 e. The minimum absolute atomic E-state index is 0.0175. The molecule has 195 valence electrons. The fourth-order valence-electron chi connectivity index (χ4n) is 3.35. The summed E-state index contributed by atoms with van der Waals surface area (Å²) in [7, 11) is 0. The number of nitrogen functional groups attached to an aromatic ring is 2. The molecule has 1 atom stereocenters. The van der Waals surface area contributed by atoms with Crippen LogP contribution in [0.25, 0.3) is 6.08 Å². The number of ether oxygens (including phenoxy) is 2. The van der Waals surface area contributed by atoms with E-state index in [1.54, 1.807) is 18.2 Å². The summed E-state index contributed by atoms with van der Waals surface area (Å²) in [6, 6.07) is 14.1. The molecule has 0 fully saturated rings. The summed E-state index contributed by atoms with van der Waals surface area (Å²) in [5, 5.41) is 0. The molecule has 1 radical (unpaired) electrons. The zero-order chi connectivity index (χ0) is 27.2. The highest BCUT2D eigenvalue weighted by Crippen LogP contribution is 2.32. The third-order valence-electron chi connectivity index (χ3n) is 5.21. The third kappa shape index (κ3) is 8.23. The van der Waals surface area contributed by atoms with Crippen molar-refractivity contribution in [3.63, 3.8) is 0 Å². The Balaban J connectivity index is 1.53. The van der Waals surface area contributed by atoms with Gasteiger partial charge in [0.1, 0.15) is 5.75 Å². The number of anilines is 2. The number of benzene rings is 3. The van der Waals surface area contributed by atoms with Gasteiger partial charge in [-0.3, -0.25) is 0 Å². The van der Waals surface area contributed by atoms with E-state index in [2.05, 4.69) is 6.92 Å². The van der Waals surface area contributed by atoms with E-state index in [0.717, 1.165) is 24.3 Å². The Bertz CT molecular complexity index is 1240. The standard InChI is InChI=1S/C27H24F5N2O3/c1-17(23-12-9-21(33)14-24(23)34)16-36-25(35)13-6-18-4-10-22(11-5-18)37-27(31,32)20-7-2-19(3-8-20)15-26(28,29)30/h2-14,17H,1,15-16,33-34H2/b13-6+. The van der Waals surface area contributed by atoms with Crippen LogP contribution < -0.4 is 16.2 Å².